The number of amides is 2. The van der Waals surface area contributed by atoms with Gasteiger partial charge in [-0.15, -0.1) is 0 Å². The molecular formula is C33H34N4O5. The Bertz CT molecular complexity index is 1770. The molecule has 0 spiro atoms. The number of fused-ring (bicyclic) bond motifs is 4. The van der Waals surface area contributed by atoms with Crippen molar-refractivity contribution in [2.45, 2.75) is 32.1 Å². The Labute approximate surface area is 243 Å². The summed E-state index contributed by atoms with van der Waals surface area (Å²) in [4.78, 5) is 36.8. The lowest BCUT2D eigenvalue weighted by atomic mass is 9.76. The molecule has 2 N–H and O–H groups in total. The molecule has 1 aliphatic rings. The minimum Gasteiger partial charge on any atom is -0.493 e. The van der Waals surface area contributed by atoms with Gasteiger partial charge in [-0.3, -0.25) is 14.5 Å². The molecule has 9 nitrogen and oxygen atoms in total. The van der Waals surface area contributed by atoms with E-state index in [0.717, 1.165) is 35.0 Å². The Morgan fingerprint density at radius 3 is 2.57 bits per heavy atom. The Kier molecular flexibility index (Phi) is 7.20. The second kappa shape index (κ2) is 11.0. The van der Waals surface area contributed by atoms with Crippen molar-refractivity contribution in [3.63, 3.8) is 0 Å². The normalized spacial score (nSPS) is 14.5. The molecule has 2 amide bonds. The third-order valence-electron chi connectivity index (χ3n) is 8.00. The molecule has 42 heavy (non-hydrogen) atoms. The summed E-state index contributed by atoms with van der Waals surface area (Å²) in [6.45, 7) is 5.48. The third kappa shape index (κ3) is 4.79. The fourth-order valence-electron chi connectivity index (χ4n) is 5.67. The van der Waals surface area contributed by atoms with Gasteiger partial charge in [-0.1, -0.05) is 30.3 Å². The van der Waals surface area contributed by atoms with Crippen LogP contribution in [0.5, 0.6) is 11.5 Å². The molecule has 0 atom stereocenters. The molecule has 5 aromatic rings. The number of imide groups is 1. The minimum atomic E-state index is -0.864. The second-order valence-corrected chi connectivity index (χ2v) is 11.0. The van der Waals surface area contributed by atoms with Gasteiger partial charge in [0.2, 0.25) is 5.91 Å². The van der Waals surface area contributed by atoms with Gasteiger partial charge >= 0.3 is 0 Å². The molecule has 0 saturated carbocycles. The highest BCUT2D eigenvalue weighted by Gasteiger charge is 2.45. The van der Waals surface area contributed by atoms with E-state index < -0.39 is 5.41 Å². The van der Waals surface area contributed by atoms with Crippen molar-refractivity contribution in [2.24, 2.45) is 0 Å². The van der Waals surface area contributed by atoms with Crippen LogP contribution in [0.1, 0.15) is 41.8 Å². The first-order valence-electron chi connectivity index (χ1n) is 14.1. The number of para-hydroxylation sites is 1. The highest BCUT2D eigenvalue weighted by atomic mass is 16.5. The quantitative estimate of drug-likeness (QED) is 0.170. The molecule has 2 aromatic heterocycles. The molecule has 0 saturated heterocycles. The number of hydrogen-bond donors (Lipinski definition) is 2. The second-order valence-electron chi connectivity index (χ2n) is 11.0. The number of imidazole rings is 1. The predicted molar refractivity (Wildman–Crippen MR) is 161 cm³/mol. The van der Waals surface area contributed by atoms with E-state index in [4.69, 9.17) is 18.9 Å². The van der Waals surface area contributed by atoms with Crippen LogP contribution in [-0.2, 0) is 16.6 Å². The summed E-state index contributed by atoms with van der Waals surface area (Å²) >= 11 is 0. The van der Waals surface area contributed by atoms with Crippen LogP contribution in [0.25, 0.3) is 33.6 Å². The average Bonchev–Trinajstić information content (AvgIpc) is 3.63. The number of carbonyl (C=O) groups is 2. The van der Waals surface area contributed by atoms with Gasteiger partial charge in [0.25, 0.3) is 5.91 Å². The fraction of sp³-hybridized carbons (Fsp3) is 0.303. The van der Waals surface area contributed by atoms with Gasteiger partial charge in [-0.05, 0) is 81.2 Å². The number of furan rings is 1. The lowest BCUT2D eigenvalue weighted by molar-refractivity contribution is -0.134. The van der Waals surface area contributed by atoms with Gasteiger partial charge in [-0.25, -0.2) is 4.98 Å². The standard InChI is InChI=1S/C33H34N4O5/c1-33(2)22-11-12-23-29(36-30(35-23)27-19-21-8-5-6-9-24(21)42-27)28(22)31(38)37(32(33)39)17-7-15-34-16-14-20-10-13-25(40-3)26(18-20)41-4/h5-6,8-13,18-19,34H,7,14-17H2,1-4H3,(H,35,36). The van der Waals surface area contributed by atoms with Crippen molar-refractivity contribution >= 4 is 33.8 Å². The van der Waals surface area contributed by atoms with Gasteiger partial charge < -0.3 is 24.2 Å². The largest absolute Gasteiger partial charge is 0.493 e. The van der Waals surface area contributed by atoms with E-state index in [1.165, 1.54) is 4.90 Å². The van der Waals surface area contributed by atoms with Crippen LogP contribution in [0, 0.1) is 0 Å². The molecule has 1 aliphatic heterocycles. The van der Waals surface area contributed by atoms with E-state index in [2.05, 4.69) is 10.3 Å². The van der Waals surface area contributed by atoms with Crippen molar-refractivity contribution in [2.75, 3.05) is 33.9 Å². The molecule has 3 heterocycles. The zero-order valence-electron chi connectivity index (χ0n) is 24.2. The Balaban J connectivity index is 1.16. The van der Waals surface area contributed by atoms with Crippen LogP contribution in [-0.4, -0.2) is 60.5 Å². The maximum absolute atomic E-state index is 13.8. The molecule has 9 heteroatoms. The third-order valence-corrected chi connectivity index (χ3v) is 8.00. The van der Waals surface area contributed by atoms with E-state index in [-0.39, 0.29) is 11.8 Å². The van der Waals surface area contributed by atoms with Crippen LogP contribution < -0.4 is 14.8 Å². The molecule has 0 bridgehead atoms. The van der Waals surface area contributed by atoms with E-state index >= 15 is 0 Å². The van der Waals surface area contributed by atoms with Gasteiger partial charge in [0.1, 0.15) is 11.1 Å². The average molecular weight is 567 g/mol. The Morgan fingerprint density at radius 2 is 1.79 bits per heavy atom. The Hall–Kier alpha value is -4.63. The van der Waals surface area contributed by atoms with Crippen molar-refractivity contribution in [1.82, 2.24) is 20.2 Å². The topological polar surface area (TPSA) is 110 Å². The lowest BCUT2D eigenvalue weighted by Crippen LogP contribution is -2.52. The predicted octanol–water partition coefficient (Wildman–Crippen LogP) is 5.48. The number of methoxy groups -OCH3 is 2. The zero-order chi connectivity index (χ0) is 29.4. The summed E-state index contributed by atoms with van der Waals surface area (Å²) in [5.74, 6) is 2.03. The number of nitrogens with one attached hydrogen (secondary N) is 2. The molecule has 0 radical (unpaired) electrons. The highest BCUT2D eigenvalue weighted by Crippen LogP contribution is 2.39. The van der Waals surface area contributed by atoms with E-state index in [1.54, 1.807) is 14.2 Å². The van der Waals surface area contributed by atoms with Crippen LogP contribution in [0.4, 0.5) is 0 Å². The van der Waals surface area contributed by atoms with E-state index in [1.807, 2.05) is 74.5 Å². The van der Waals surface area contributed by atoms with Crippen molar-refractivity contribution in [3.05, 3.63) is 77.4 Å². The van der Waals surface area contributed by atoms with E-state index in [9.17, 15) is 9.59 Å². The monoisotopic (exact) mass is 566 g/mol. The first kappa shape index (κ1) is 27.5. The molecule has 0 aliphatic carbocycles. The molecular weight excluding hydrogens is 532 g/mol. The zero-order valence-corrected chi connectivity index (χ0v) is 24.2. The number of rotatable bonds is 10. The van der Waals surface area contributed by atoms with Crippen LogP contribution >= 0.6 is 0 Å². The number of nitrogens with zero attached hydrogens (tertiary/aromatic N) is 2. The maximum atomic E-state index is 13.8. The van der Waals surface area contributed by atoms with Crippen LogP contribution in [0.3, 0.4) is 0 Å². The SMILES string of the molecule is COc1ccc(CCNCCCN2C(=O)c3c(ccc4[nH]c(-c5cc6ccccc6o5)nc34)C(C)(C)C2=O)cc1OC. The van der Waals surface area contributed by atoms with Crippen molar-refractivity contribution in [1.29, 1.82) is 0 Å². The summed E-state index contributed by atoms with van der Waals surface area (Å²) in [7, 11) is 3.24. The summed E-state index contributed by atoms with van der Waals surface area (Å²) in [6.07, 6.45) is 1.45. The summed E-state index contributed by atoms with van der Waals surface area (Å²) in [6, 6.07) is 19.3. The molecule has 6 rings (SSSR count). The smallest absolute Gasteiger partial charge is 0.263 e. The summed E-state index contributed by atoms with van der Waals surface area (Å²) in [5.41, 5.74) is 3.46. The van der Waals surface area contributed by atoms with Gasteiger partial charge in [-0.2, -0.15) is 0 Å². The number of carbonyl (C=O) groups excluding carboxylic acids is 2. The van der Waals surface area contributed by atoms with Gasteiger partial charge in [0.05, 0.1) is 30.7 Å². The number of H-pyrrole nitrogens is 1. The number of aromatic nitrogens is 2. The van der Waals surface area contributed by atoms with Crippen molar-refractivity contribution in [3.8, 4) is 23.1 Å². The first-order chi connectivity index (χ1) is 20.3. The molecule has 216 valence electrons. The molecule has 3 aromatic carbocycles. The summed E-state index contributed by atoms with van der Waals surface area (Å²) in [5, 5.41) is 4.40. The first-order valence-corrected chi connectivity index (χ1v) is 14.1. The number of ether oxygens (including phenoxy) is 2. The van der Waals surface area contributed by atoms with Gasteiger partial charge in [0.15, 0.2) is 23.1 Å². The molecule has 0 unspecified atom stereocenters. The van der Waals surface area contributed by atoms with Crippen LogP contribution in [0.2, 0.25) is 0 Å². The lowest BCUT2D eigenvalue weighted by Gasteiger charge is -2.37. The number of benzene rings is 3. The van der Waals surface area contributed by atoms with Crippen molar-refractivity contribution < 1.29 is 23.5 Å². The number of hydrogen-bond acceptors (Lipinski definition) is 7. The molecule has 0 fully saturated rings. The minimum absolute atomic E-state index is 0.197. The Morgan fingerprint density at radius 1 is 0.976 bits per heavy atom. The van der Waals surface area contributed by atoms with Crippen LogP contribution in [0.15, 0.2) is 65.1 Å². The summed E-state index contributed by atoms with van der Waals surface area (Å²) < 4.78 is 16.7. The number of aromatic amines is 1. The maximum Gasteiger partial charge on any atom is 0.263 e. The van der Waals surface area contributed by atoms with E-state index in [0.29, 0.717) is 59.2 Å². The van der Waals surface area contributed by atoms with Gasteiger partial charge in [0, 0.05) is 11.9 Å². The highest BCUT2D eigenvalue weighted by molar-refractivity contribution is 6.18. The fourth-order valence-corrected chi connectivity index (χ4v) is 5.67.